The van der Waals surface area contributed by atoms with Gasteiger partial charge in [0.1, 0.15) is 0 Å². The van der Waals surface area contributed by atoms with E-state index < -0.39 is 0 Å². The van der Waals surface area contributed by atoms with Crippen molar-refractivity contribution >= 4 is 62.3 Å². The fourth-order valence-electron chi connectivity index (χ4n) is 1.32. The van der Waals surface area contributed by atoms with Gasteiger partial charge in [-0.15, -0.1) is 11.8 Å². The monoisotopic (exact) mass is 336 g/mol. The molecular formula is C10H14BrClMgO2S. The maximum absolute atomic E-state index is 5.99. The average Bonchev–Trinajstić information content (AvgIpc) is 2.19. The van der Waals surface area contributed by atoms with Crippen LogP contribution >= 0.6 is 39.3 Å². The Kier molecular flexibility index (Phi) is 8.71. The van der Waals surface area contributed by atoms with E-state index in [2.05, 4.69) is 15.9 Å². The summed E-state index contributed by atoms with van der Waals surface area (Å²) in [4.78, 5) is 1.08. The van der Waals surface area contributed by atoms with E-state index in [0.29, 0.717) is 5.02 Å². The predicted octanol–water partition coefficient (Wildman–Crippen LogP) is 3.96. The van der Waals surface area contributed by atoms with E-state index in [-0.39, 0.29) is 32.2 Å². The summed E-state index contributed by atoms with van der Waals surface area (Å²) in [6.45, 7) is 0. The summed E-state index contributed by atoms with van der Waals surface area (Å²) in [7, 11) is 3.21. The molecule has 0 saturated carbocycles. The number of benzene rings is 1. The van der Waals surface area contributed by atoms with Crippen LogP contribution in [0.25, 0.3) is 0 Å². The molecule has 0 saturated heterocycles. The number of ether oxygens (including phenoxy) is 2. The van der Waals surface area contributed by atoms with E-state index in [1.54, 1.807) is 26.0 Å². The molecule has 0 heterocycles. The summed E-state index contributed by atoms with van der Waals surface area (Å²) in [6.07, 6.45) is 1.61. The molecule has 1 rings (SSSR count). The molecule has 1 aromatic rings. The minimum absolute atomic E-state index is 0. The number of halogens is 2. The largest absolute Gasteiger partial charge is 2.00 e. The SMILES string of the molecule is COC(OC)c1cc(Cl)cc(Br)c1SC.[H-].[H-].[Mg+2]. The Balaban J connectivity index is -0.000000750. The zero-order valence-corrected chi connectivity index (χ0v) is 14.0. The van der Waals surface area contributed by atoms with Crippen LogP contribution in [0.2, 0.25) is 5.02 Å². The van der Waals surface area contributed by atoms with Gasteiger partial charge in [0.15, 0.2) is 6.29 Å². The molecule has 0 aliphatic rings. The molecule has 0 unspecified atom stereocenters. The Bertz CT molecular complexity index is 357. The Hall–Kier alpha value is 1.03. The van der Waals surface area contributed by atoms with E-state index in [0.717, 1.165) is 14.9 Å². The van der Waals surface area contributed by atoms with E-state index >= 15 is 0 Å². The van der Waals surface area contributed by atoms with E-state index in [1.165, 1.54) is 0 Å². The van der Waals surface area contributed by atoms with Crippen LogP contribution in [0.4, 0.5) is 0 Å². The standard InChI is InChI=1S/C10H12BrClO2S.Mg.2H/c1-13-10(14-2)7-4-6(12)5-8(11)9(7)15-3;;;/h4-5,10H,1-3H3;;;/q;+2;2*-1. The first-order valence-electron chi connectivity index (χ1n) is 4.22. The Labute approximate surface area is 133 Å². The molecule has 0 fully saturated rings. The Morgan fingerprint density at radius 2 is 1.94 bits per heavy atom. The third kappa shape index (κ3) is 4.05. The fraction of sp³-hybridized carbons (Fsp3) is 0.400. The van der Waals surface area contributed by atoms with Crippen molar-refractivity contribution in [3.8, 4) is 0 Å². The van der Waals surface area contributed by atoms with Crippen LogP contribution in [0, 0.1) is 0 Å². The van der Waals surface area contributed by atoms with Crippen LogP contribution in [0.3, 0.4) is 0 Å². The normalized spacial score (nSPS) is 10.4. The van der Waals surface area contributed by atoms with Crippen LogP contribution < -0.4 is 0 Å². The topological polar surface area (TPSA) is 18.5 Å². The molecule has 1 aromatic carbocycles. The van der Waals surface area contributed by atoms with Gasteiger partial charge in [0, 0.05) is 34.2 Å². The molecule has 0 amide bonds. The summed E-state index contributed by atoms with van der Waals surface area (Å²) in [5.74, 6) is 0. The van der Waals surface area contributed by atoms with Gasteiger partial charge in [-0.05, 0) is 34.3 Å². The second-order valence-electron chi connectivity index (χ2n) is 2.81. The van der Waals surface area contributed by atoms with E-state index in [1.807, 2.05) is 18.4 Å². The predicted molar refractivity (Wildman–Crippen MR) is 75.7 cm³/mol. The van der Waals surface area contributed by atoms with Crippen molar-refractivity contribution in [2.75, 3.05) is 20.5 Å². The first-order chi connectivity index (χ1) is 7.13. The van der Waals surface area contributed by atoms with Crippen molar-refractivity contribution in [3.63, 3.8) is 0 Å². The molecule has 16 heavy (non-hydrogen) atoms. The number of rotatable bonds is 4. The molecular weight excluding hydrogens is 324 g/mol. The quantitative estimate of drug-likeness (QED) is 0.470. The number of methoxy groups -OCH3 is 2. The first-order valence-corrected chi connectivity index (χ1v) is 6.62. The Morgan fingerprint density at radius 3 is 2.38 bits per heavy atom. The van der Waals surface area contributed by atoms with Crippen molar-refractivity contribution in [2.45, 2.75) is 11.2 Å². The minimum atomic E-state index is -0.387. The number of hydrogen-bond acceptors (Lipinski definition) is 3. The summed E-state index contributed by atoms with van der Waals surface area (Å²) in [5, 5.41) is 0.661. The van der Waals surface area contributed by atoms with E-state index in [9.17, 15) is 0 Å². The molecule has 0 aliphatic heterocycles. The summed E-state index contributed by atoms with van der Waals surface area (Å²) < 4.78 is 11.4. The van der Waals surface area contributed by atoms with Crippen LogP contribution in [0.15, 0.2) is 21.5 Å². The minimum Gasteiger partial charge on any atom is -1.00 e. The summed E-state index contributed by atoms with van der Waals surface area (Å²) >= 11 is 11.1. The second kappa shape index (κ2) is 8.18. The van der Waals surface area contributed by atoms with Gasteiger partial charge in [-0.2, -0.15) is 0 Å². The van der Waals surface area contributed by atoms with Crippen LogP contribution in [-0.2, 0) is 9.47 Å². The summed E-state index contributed by atoms with van der Waals surface area (Å²) in [5.41, 5.74) is 0.937. The van der Waals surface area contributed by atoms with Gasteiger partial charge in [0.05, 0.1) is 0 Å². The molecule has 0 bridgehead atoms. The molecule has 0 aromatic heterocycles. The molecule has 2 nitrogen and oxygen atoms in total. The van der Waals surface area contributed by atoms with Gasteiger partial charge in [-0.25, -0.2) is 0 Å². The number of thioether (sulfide) groups is 1. The van der Waals surface area contributed by atoms with Crippen molar-refractivity contribution in [1.29, 1.82) is 0 Å². The zero-order valence-electron chi connectivity index (χ0n) is 11.4. The van der Waals surface area contributed by atoms with Crippen molar-refractivity contribution < 1.29 is 12.3 Å². The van der Waals surface area contributed by atoms with Crippen molar-refractivity contribution in [1.82, 2.24) is 0 Å². The van der Waals surface area contributed by atoms with Crippen LogP contribution in [0.1, 0.15) is 14.7 Å². The number of hydrogen-bond donors (Lipinski definition) is 0. The smallest absolute Gasteiger partial charge is 1.00 e. The van der Waals surface area contributed by atoms with Crippen LogP contribution in [0.5, 0.6) is 0 Å². The third-order valence-corrected chi connectivity index (χ3v) is 3.89. The van der Waals surface area contributed by atoms with Gasteiger partial charge >= 0.3 is 23.1 Å². The van der Waals surface area contributed by atoms with Crippen LogP contribution in [-0.4, -0.2) is 43.5 Å². The molecule has 88 valence electrons. The molecule has 0 atom stereocenters. The van der Waals surface area contributed by atoms with Crippen molar-refractivity contribution in [2.24, 2.45) is 0 Å². The molecule has 0 N–H and O–H groups in total. The summed E-state index contributed by atoms with van der Waals surface area (Å²) in [6, 6.07) is 3.72. The Morgan fingerprint density at radius 1 is 1.38 bits per heavy atom. The maximum atomic E-state index is 5.99. The van der Waals surface area contributed by atoms with Gasteiger partial charge in [-0.1, -0.05) is 11.6 Å². The first kappa shape index (κ1) is 17.0. The van der Waals surface area contributed by atoms with Gasteiger partial charge in [0.25, 0.3) is 0 Å². The van der Waals surface area contributed by atoms with Crippen molar-refractivity contribution in [3.05, 3.63) is 27.2 Å². The molecule has 0 radical (unpaired) electrons. The van der Waals surface area contributed by atoms with Gasteiger partial charge in [-0.3, -0.25) is 0 Å². The average molecular weight is 338 g/mol. The van der Waals surface area contributed by atoms with Gasteiger partial charge < -0.3 is 12.3 Å². The maximum Gasteiger partial charge on any atom is 2.00 e. The third-order valence-electron chi connectivity index (χ3n) is 1.92. The molecule has 0 aliphatic carbocycles. The fourth-order valence-corrected chi connectivity index (χ4v) is 3.29. The second-order valence-corrected chi connectivity index (χ2v) is 4.92. The molecule has 0 spiro atoms. The van der Waals surface area contributed by atoms with E-state index in [4.69, 9.17) is 21.1 Å². The van der Waals surface area contributed by atoms with Gasteiger partial charge in [0.2, 0.25) is 0 Å². The molecule has 6 heteroatoms. The zero-order chi connectivity index (χ0) is 11.4.